The van der Waals surface area contributed by atoms with Gasteiger partial charge >= 0.3 is 0 Å². The zero-order valence-corrected chi connectivity index (χ0v) is 6.97. The van der Waals surface area contributed by atoms with Crippen LogP contribution in [-0.2, 0) is 0 Å². The largest absolute Gasteiger partial charge is 0.390 e. The Kier molecular flexibility index (Phi) is 1.90. The lowest BCUT2D eigenvalue weighted by Crippen LogP contribution is -2.35. The molecule has 1 saturated carbocycles. The van der Waals surface area contributed by atoms with E-state index in [9.17, 15) is 5.11 Å². The fraction of sp³-hybridized carbons (Fsp3) is 1.00. The second-order valence-electron chi connectivity index (χ2n) is 4.00. The Morgan fingerprint density at radius 3 is 2.55 bits per heavy atom. The zero-order chi connectivity index (χ0) is 7.73. The molecule has 1 saturated heterocycles. The molecule has 0 amide bonds. The van der Waals surface area contributed by atoms with Crippen molar-refractivity contribution in [3.05, 3.63) is 0 Å². The zero-order valence-electron chi connectivity index (χ0n) is 6.97. The molecule has 0 aromatic heterocycles. The molecule has 2 fully saturated rings. The van der Waals surface area contributed by atoms with E-state index in [1.54, 1.807) is 0 Å². The minimum atomic E-state index is -0.288. The molecule has 11 heavy (non-hydrogen) atoms. The predicted octanol–water partition coefficient (Wildman–Crippen LogP) is 0.901. The Bertz CT molecular complexity index is 134. The molecule has 0 aromatic carbocycles. The molecule has 1 aliphatic carbocycles. The lowest BCUT2D eigenvalue weighted by Gasteiger charge is -2.28. The van der Waals surface area contributed by atoms with Gasteiger partial charge in [-0.25, -0.2) is 0 Å². The molecular weight excluding hydrogens is 138 g/mol. The molecule has 2 nitrogen and oxygen atoms in total. The highest BCUT2D eigenvalue weighted by atomic mass is 16.3. The third-order valence-corrected chi connectivity index (χ3v) is 3.29. The van der Waals surface area contributed by atoms with Gasteiger partial charge in [0.2, 0.25) is 0 Å². The van der Waals surface area contributed by atoms with Crippen LogP contribution in [-0.4, -0.2) is 23.8 Å². The summed E-state index contributed by atoms with van der Waals surface area (Å²) in [4.78, 5) is 0. The SMILES string of the molecule is OC1(C2CCNC2)CCCC1. The van der Waals surface area contributed by atoms with Crippen LogP contribution in [0.1, 0.15) is 32.1 Å². The van der Waals surface area contributed by atoms with Gasteiger partial charge in [-0.2, -0.15) is 0 Å². The number of hydrogen-bond acceptors (Lipinski definition) is 2. The second-order valence-corrected chi connectivity index (χ2v) is 4.00. The first kappa shape index (κ1) is 7.56. The monoisotopic (exact) mass is 155 g/mol. The molecule has 0 radical (unpaired) electrons. The third kappa shape index (κ3) is 1.30. The Hall–Kier alpha value is -0.0800. The van der Waals surface area contributed by atoms with Gasteiger partial charge in [0.25, 0.3) is 0 Å². The highest BCUT2D eigenvalue weighted by molar-refractivity contribution is 4.94. The molecule has 1 heterocycles. The first-order valence-corrected chi connectivity index (χ1v) is 4.74. The highest BCUT2D eigenvalue weighted by Crippen LogP contribution is 2.38. The summed E-state index contributed by atoms with van der Waals surface area (Å²) in [7, 11) is 0. The first-order valence-electron chi connectivity index (χ1n) is 4.74. The van der Waals surface area contributed by atoms with Crippen molar-refractivity contribution in [3.8, 4) is 0 Å². The molecule has 0 aromatic rings. The van der Waals surface area contributed by atoms with Crippen LogP contribution in [0.3, 0.4) is 0 Å². The van der Waals surface area contributed by atoms with E-state index in [2.05, 4.69) is 5.32 Å². The van der Waals surface area contributed by atoms with Crippen LogP contribution in [0, 0.1) is 5.92 Å². The molecule has 1 atom stereocenters. The van der Waals surface area contributed by atoms with Crippen LogP contribution in [0.25, 0.3) is 0 Å². The number of nitrogens with one attached hydrogen (secondary N) is 1. The number of aliphatic hydroxyl groups is 1. The Morgan fingerprint density at radius 1 is 1.27 bits per heavy atom. The van der Waals surface area contributed by atoms with Crippen molar-refractivity contribution in [3.63, 3.8) is 0 Å². The fourth-order valence-corrected chi connectivity index (χ4v) is 2.51. The smallest absolute Gasteiger partial charge is 0.0688 e. The lowest BCUT2D eigenvalue weighted by atomic mass is 9.85. The van der Waals surface area contributed by atoms with Gasteiger partial charge in [0.05, 0.1) is 5.60 Å². The van der Waals surface area contributed by atoms with E-state index in [4.69, 9.17) is 0 Å². The van der Waals surface area contributed by atoms with Crippen LogP contribution < -0.4 is 5.32 Å². The van der Waals surface area contributed by atoms with E-state index in [1.165, 1.54) is 19.3 Å². The van der Waals surface area contributed by atoms with E-state index >= 15 is 0 Å². The highest BCUT2D eigenvalue weighted by Gasteiger charge is 2.40. The third-order valence-electron chi connectivity index (χ3n) is 3.29. The van der Waals surface area contributed by atoms with E-state index in [0.29, 0.717) is 5.92 Å². The Labute approximate surface area is 68.0 Å². The van der Waals surface area contributed by atoms with E-state index in [1.807, 2.05) is 0 Å². The normalized spacial score (nSPS) is 36.3. The van der Waals surface area contributed by atoms with Crippen molar-refractivity contribution in [1.29, 1.82) is 0 Å². The summed E-state index contributed by atoms with van der Waals surface area (Å²) >= 11 is 0. The minimum Gasteiger partial charge on any atom is -0.390 e. The number of hydrogen-bond donors (Lipinski definition) is 2. The van der Waals surface area contributed by atoms with E-state index < -0.39 is 0 Å². The summed E-state index contributed by atoms with van der Waals surface area (Å²) in [6, 6.07) is 0. The maximum atomic E-state index is 10.2. The fourth-order valence-electron chi connectivity index (χ4n) is 2.51. The van der Waals surface area contributed by atoms with Crippen molar-refractivity contribution >= 4 is 0 Å². The number of rotatable bonds is 1. The predicted molar refractivity (Wildman–Crippen MR) is 44.4 cm³/mol. The van der Waals surface area contributed by atoms with Crippen molar-refractivity contribution in [1.82, 2.24) is 5.32 Å². The van der Waals surface area contributed by atoms with Crippen LogP contribution in [0.15, 0.2) is 0 Å². The minimum absolute atomic E-state index is 0.288. The van der Waals surface area contributed by atoms with Gasteiger partial charge in [0.15, 0.2) is 0 Å². The summed E-state index contributed by atoms with van der Waals surface area (Å²) in [6.45, 7) is 2.14. The van der Waals surface area contributed by atoms with Crippen LogP contribution in [0.4, 0.5) is 0 Å². The van der Waals surface area contributed by atoms with Gasteiger partial charge in [-0.05, 0) is 25.8 Å². The van der Waals surface area contributed by atoms with Gasteiger partial charge in [0.1, 0.15) is 0 Å². The summed E-state index contributed by atoms with van der Waals surface area (Å²) < 4.78 is 0. The van der Waals surface area contributed by atoms with Gasteiger partial charge in [-0.3, -0.25) is 0 Å². The summed E-state index contributed by atoms with van der Waals surface area (Å²) in [5, 5.41) is 13.5. The Balaban J connectivity index is 2.00. The van der Waals surface area contributed by atoms with Gasteiger partial charge in [0, 0.05) is 12.5 Å². The first-order chi connectivity index (χ1) is 5.31. The molecule has 2 N–H and O–H groups in total. The molecule has 2 rings (SSSR count). The average Bonchev–Trinajstić information content (AvgIpc) is 2.55. The van der Waals surface area contributed by atoms with Gasteiger partial charge in [-0.1, -0.05) is 12.8 Å². The van der Waals surface area contributed by atoms with E-state index in [-0.39, 0.29) is 5.60 Å². The second kappa shape index (κ2) is 2.76. The van der Waals surface area contributed by atoms with Crippen molar-refractivity contribution in [2.45, 2.75) is 37.7 Å². The topological polar surface area (TPSA) is 32.3 Å². The molecule has 64 valence electrons. The maximum absolute atomic E-state index is 10.2. The lowest BCUT2D eigenvalue weighted by molar-refractivity contribution is -0.00444. The summed E-state index contributed by atoms with van der Waals surface area (Å²) in [6.07, 6.45) is 5.72. The van der Waals surface area contributed by atoms with Crippen LogP contribution >= 0.6 is 0 Å². The molecule has 1 unspecified atom stereocenters. The van der Waals surface area contributed by atoms with Gasteiger partial charge < -0.3 is 10.4 Å². The van der Waals surface area contributed by atoms with Gasteiger partial charge in [-0.15, -0.1) is 0 Å². The quantitative estimate of drug-likeness (QED) is 0.589. The van der Waals surface area contributed by atoms with E-state index in [0.717, 1.165) is 25.9 Å². The molecule has 2 aliphatic rings. The molecule has 0 spiro atoms. The molecule has 2 heteroatoms. The Morgan fingerprint density at radius 2 is 2.00 bits per heavy atom. The van der Waals surface area contributed by atoms with Crippen molar-refractivity contribution < 1.29 is 5.11 Å². The van der Waals surface area contributed by atoms with Crippen LogP contribution in [0.5, 0.6) is 0 Å². The molecule has 1 aliphatic heterocycles. The average molecular weight is 155 g/mol. The van der Waals surface area contributed by atoms with Crippen molar-refractivity contribution in [2.75, 3.05) is 13.1 Å². The molecular formula is C9H17NO. The molecule has 0 bridgehead atoms. The standard InChI is InChI=1S/C9H17NO/c11-9(4-1-2-5-9)8-3-6-10-7-8/h8,10-11H,1-7H2. The maximum Gasteiger partial charge on any atom is 0.0688 e. The van der Waals surface area contributed by atoms with Crippen molar-refractivity contribution in [2.24, 2.45) is 5.92 Å². The summed E-state index contributed by atoms with van der Waals surface area (Å²) in [5.74, 6) is 0.546. The van der Waals surface area contributed by atoms with Crippen LogP contribution in [0.2, 0.25) is 0 Å². The summed E-state index contributed by atoms with van der Waals surface area (Å²) in [5.41, 5.74) is -0.288.